The molecule has 2 aliphatic heterocycles. The number of piperidine rings is 1. The monoisotopic (exact) mass is 371 g/mol. The molecule has 0 aromatic carbocycles. The van der Waals surface area contributed by atoms with Crippen molar-refractivity contribution in [1.82, 2.24) is 24.9 Å². The molecule has 0 spiro atoms. The minimum Gasteiger partial charge on any atom is -0.379 e. The first-order valence-corrected chi connectivity index (χ1v) is 9.58. The van der Waals surface area contributed by atoms with Crippen molar-refractivity contribution < 1.29 is 14.1 Å². The number of rotatable bonds is 6. The second kappa shape index (κ2) is 8.58. The normalized spacial score (nSPS) is 21.6. The van der Waals surface area contributed by atoms with Crippen LogP contribution in [-0.4, -0.2) is 70.2 Å². The molecule has 0 bridgehead atoms. The predicted molar refractivity (Wildman–Crippen MR) is 96.9 cm³/mol. The largest absolute Gasteiger partial charge is 0.379 e. The van der Waals surface area contributed by atoms with Crippen LogP contribution in [0.2, 0.25) is 0 Å². The van der Waals surface area contributed by atoms with Crippen LogP contribution in [-0.2, 0) is 22.5 Å². The quantitative estimate of drug-likeness (QED) is 0.755. The van der Waals surface area contributed by atoms with E-state index in [2.05, 4.69) is 20.0 Å². The Hall–Kier alpha value is -2.32. The molecule has 2 saturated heterocycles. The molecule has 0 aliphatic carbocycles. The van der Waals surface area contributed by atoms with Crippen LogP contribution in [0.5, 0.6) is 0 Å². The highest BCUT2D eigenvalue weighted by atomic mass is 16.5. The molecule has 4 rings (SSSR count). The van der Waals surface area contributed by atoms with Gasteiger partial charge in [0.1, 0.15) is 0 Å². The molecule has 8 heteroatoms. The van der Waals surface area contributed by atoms with Crippen molar-refractivity contribution in [1.29, 1.82) is 0 Å². The lowest BCUT2D eigenvalue weighted by molar-refractivity contribution is -0.133. The maximum atomic E-state index is 12.3. The lowest BCUT2D eigenvalue weighted by atomic mass is 9.97. The summed E-state index contributed by atoms with van der Waals surface area (Å²) in [6, 6.07) is 5.86. The number of carbonyl (C=O) groups is 1. The minimum atomic E-state index is 0.109. The molecule has 1 unspecified atom stereocenters. The Morgan fingerprint density at radius 1 is 1.22 bits per heavy atom. The van der Waals surface area contributed by atoms with Gasteiger partial charge in [-0.3, -0.25) is 14.7 Å². The number of carbonyl (C=O) groups excluding carboxylic acids is 1. The van der Waals surface area contributed by atoms with E-state index in [1.54, 1.807) is 6.20 Å². The first kappa shape index (κ1) is 18.1. The molecule has 27 heavy (non-hydrogen) atoms. The molecule has 0 N–H and O–H groups in total. The third-order valence-corrected chi connectivity index (χ3v) is 5.17. The average molecular weight is 371 g/mol. The van der Waals surface area contributed by atoms with E-state index in [-0.39, 0.29) is 11.8 Å². The van der Waals surface area contributed by atoms with Crippen molar-refractivity contribution >= 4 is 5.91 Å². The van der Waals surface area contributed by atoms with E-state index in [0.29, 0.717) is 37.8 Å². The summed E-state index contributed by atoms with van der Waals surface area (Å²) in [6.45, 7) is 5.27. The fraction of sp³-hybridized carbons (Fsp3) is 0.579. The first-order chi connectivity index (χ1) is 13.3. The van der Waals surface area contributed by atoms with Gasteiger partial charge in [-0.2, -0.15) is 4.98 Å². The molecule has 0 radical (unpaired) electrons. The molecule has 1 atom stereocenters. The van der Waals surface area contributed by atoms with Crippen molar-refractivity contribution in [3.8, 4) is 0 Å². The van der Waals surface area contributed by atoms with Crippen LogP contribution in [0.15, 0.2) is 28.9 Å². The van der Waals surface area contributed by atoms with Gasteiger partial charge in [-0.1, -0.05) is 11.2 Å². The second-order valence-electron chi connectivity index (χ2n) is 7.08. The number of hydrogen-bond acceptors (Lipinski definition) is 7. The summed E-state index contributed by atoms with van der Waals surface area (Å²) in [7, 11) is 0. The van der Waals surface area contributed by atoms with Gasteiger partial charge in [-0.15, -0.1) is 0 Å². The van der Waals surface area contributed by atoms with Gasteiger partial charge in [0, 0.05) is 50.9 Å². The SMILES string of the molecule is O=C1CCC(c2nc(CN3CCOCC3)no2)CN1CCc1ccccn1. The highest BCUT2D eigenvalue weighted by Gasteiger charge is 2.30. The maximum Gasteiger partial charge on any atom is 0.231 e. The molecule has 1 amide bonds. The lowest BCUT2D eigenvalue weighted by Gasteiger charge is -2.30. The Kier molecular flexibility index (Phi) is 5.74. The summed E-state index contributed by atoms with van der Waals surface area (Å²) in [5.74, 6) is 1.66. The van der Waals surface area contributed by atoms with Crippen LogP contribution in [0.1, 0.15) is 36.2 Å². The third kappa shape index (κ3) is 4.70. The van der Waals surface area contributed by atoms with Gasteiger partial charge in [0.15, 0.2) is 5.82 Å². The number of nitrogens with zero attached hydrogens (tertiary/aromatic N) is 5. The van der Waals surface area contributed by atoms with Gasteiger partial charge in [0.05, 0.1) is 25.7 Å². The van der Waals surface area contributed by atoms with E-state index < -0.39 is 0 Å². The van der Waals surface area contributed by atoms with Crippen LogP contribution in [0.3, 0.4) is 0 Å². The van der Waals surface area contributed by atoms with Crippen molar-refractivity contribution in [3.05, 3.63) is 41.8 Å². The zero-order valence-corrected chi connectivity index (χ0v) is 15.4. The van der Waals surface area contributed by atoms with Crippen molar-refractivity contribution in [2.24, 2.45) is 0 Å². The van der Waals surface area contributed by atoms with Gasteiger partial charge in [-0.25, -0.2) is 0 Å². The van der Waals surface area contributed by atoms with Crippen molar-refractivity contribution in [3.63, 3.8) is 0 Å². The summed E-state index contributed by atoms with van der Waals surface area (Å²) in [4.78, 5) is 25.4. The number of pyridine rings is 1. The molecule has 8 nitrogen and oxygen atoms in total. The number of hydrogen-bond donors (Lipinski definition) is 0. The molecule has 144 valence electrons. The van der Waals surface area contributed by atoms with Gasteiger partial charge < -0.3 is 14.2 Å². The van der Waals surface area contributed by atoms with E-state index >= 15 is 0 Å². The standard InChI is InChI=1S/C19H25N5O3/c25-18-5-4-15(13-24(18)8-6-16-3-1-2-7-20-16)19-21-17(22-27-19)14-23-9-11-26-12-10-23/h1-3,7,15H,4-6,8-14H2. The van der Waals surface area contributed by atoms with Crippen LogP contribution in [0.4, 0.5) is 0 Å². The van der Waals surface area contributed by atoms with Crippen LogP contribution in [0.25, 0.3) is 0 Å². The topological polar surface area (TPSA) is 84.6 Å². The number of ether oxygens (including phenoxy) is 1. The summed E-state index contributed by atoms with van der Waals surface area (Å²) in [5.41, 5.74) is 0.998. The maximum absolute atomic E-state index is 12.3. The molecule has 0 saturated carbocycles. The molecule has 2 aromatic heterocycles. The Bertz CT molecular complexity index is 745. The lowest BCUT2D eigenvalue weighted by Crippen LogP contribution is -2.40. The molecule has 4 heterocycles. The molecule has 2 aromatic rings. The number of morpholine rings is 1. The summed E-state index contributed by atoms with van der Waals surface area (Å²) in [6.07, 6.45) is 3.82. The van der Waals surface area contributed by atoms with Gasteiger partial charge >= 0.3 is 0 Å². The van der Waals surface area contributed by atoms with E-state index in [1.807, 2.05) is 23.1 Å². The van der Waals surface area contributed by atoms with Crippen LogP contribution in [0, 0.1) is 0 Å². The van der Waals surface area contributed by atoms with E-state index in [4.69, 9.17) is 9.26 Å². The van der Waals surface area contributed by atoms with Crippen molar-refractivity contribution in [2.45, 2.75) is 31.7 Å². The highest BCUT2D eigenvalue weighted by molar-refractivity contribution is 5.77. The fourth-order valence-corrected chi connectivity index (χ4v) is 3.58. The summed E-state index contributed by atoms with van der Waals surface area (Å²) in [5, 5.41) is 4.14. The zero-order chi connectivity index (χ0) is 18.5. The number of likely N-dealkylation sites (tertiary alicyclic amines) is 1. The first-order valence-electron chi connectivity index (χ1n) is 9.58. The molecular formula is C19H25N5O3. The average Bonchev–Trinajstić information content (AvgIpc) is 3.17. The number of amides is 1. The summed E-state index contributed by atoms with van der Waals surface area (Å²) >= 11 is 0. The Morgan fingerprint density at radius 3 is 2.93 bits per heavy atom. The van der Waals surface area contributed by atoms with Crippen LogP contribution >= 0.6 is 0 Å². The highest BCUT2D eigenvalue weighted by Crippen LogP contribution is 2.26. The molecule has 2 aliphatic rings. The fourth-order valence-electron chi connectivity index (χ4n) is 3.58. The third-order valence-electron chi connectivity index (χ3n) is 5.17. The second-order valence-corrected chi connectivity index (χ2v) is 7.08. The van der Waals surface area contributed by atoms with E-state index in [0.717, 1.165) is 44.8 Å². The van der Waals surface area contributed by atoms with Gasteiger partial charge in [-0.05, 0) is 18.6 Å². The Balaban J connectivity index is 1.34. The van der Waals surface area contributed by atoms with E-state index in [9.17, 15) is 4.79 Å². The van der Waals surface area contributed by atoms with E-state index in [1.165, 1.54) is 0 Å². The summed E-state index contributed by atoms with van der Waals surface area (Å²) < 4.78 is 10.9. The zero-order valence-electron chi connectivity index (χ0n) is 15.4. The Labute approximate surface area is 158 Å². The number of aromatic nitrogens is 3. The predicted octanol–water partition coefficient (Wildman–Crippen LogP) is 1.25. The Morgan fingerprint density at radius 2 is 2.11 bits per heavy atom. The van der Waals surface area contributed by atoms with Gasteiger partial charge in [0.25, 0.3) is 0 Å². The molecule has 2 fully saturated rings. The minimum absolute atomic E-state index is 0.109. The van der Waals surface area contributed by atoms with Gasteiger partial charge in [0.2, 0.25) is 11.8 Å². The molecular weight excluding hydrogens is 346 g/mol. The smallest absolute Gasteiger partial charge is 0.231 e. The van der Waals surface area contributed by atoms with Crippen molar-refractivity contribution in [2.75, 3.05) is 39.4 Å². The van der Waals surface area contributed by atoms with Crippen LogP contribution < -0.4 is 0 Å².